The van der Waals surface area contributed by atoms with Crippen LogP contribution in [0.1, 0.15) is 102 Å². The fraction of sp³-hybridized carbons (Fsp3) is 0.550. The summed E-state index contributed by atoms with van der Waals surface area (Å²) in [5.74, 6) is -12.2. The van der Waals surface area contributed by atoms with E-state index in [0.29, 0.717) is 25.8 Å². The van der Waals surface area contributed by atoms with Crippen molar-refractivity contribution in [2.45, 2.75) is 158 Å². The smallest absolute Gasteiger partial charge is 0.247 e. The molecule has 0 bridgehead atoms. The topological polar surface area (TPSA) is 640 Å². The predicted octanol–water partition coefficient (Wildman–Crippen LogP) is -9.10. The third kappa shape index (κ3) is 33.2. The van der Waals surface area contributed by atoms with Crippen molar-refractivity contribution < 1.29 is 72.5 Å². The minimum absolute atomic E-state index is 0.0257. The molecule has 30 N–H and O–H groups in total. The van der Waals surface area contributed by atoms with E-state index in [0.717, 1.165) is 12.5 Å². The van der Waals surface area contributed by atoms with Crippen LogP contribution in [0.5, 0.6) is 0 Å². The molecule has 2 aromatic carbocycles. The van der Waals surface area contributed by atoms with Crippen LogP contribution in [-0.2, 0) is 68.7 Å². The average molecular weight is 1370 g/mol. The van der Waals surface area contributed by atoms with E-state index in [1.165, 1.54) is 26.0 Å². The Labute approximate surface area is 561 Å². The number of aliphatic hydroxyl groups excluding tert-OH is 2. The van der Waals surface area contributed by atoms with Crippen molar-refractivity contribution in [3.63, 3.8) is 0 Å². The molecule has 2 aromatic rings. The summed E-state index contributed by atoms with van der Waals surface area (Å²) in [6, 6.07) is 2.61. The van der Waals surface area contributed by atoms with Crippen LogP contribution in [0.25, 0.3) is 0 Å². The third-order valence-electron chi connectivity index (χ3n) is 14.4. The van der Waals surface area contributed by atoms with Crippen LogP contribution >= 0.6 is 0 Å². The van der Waals surface area contributed by atoms with Crippen molar-refractivity contribution in [2.75, 3.05) is 52.4 Å². The highest BCUT2D eigenvalue weighted by Gasteiger charge is 2.35. The van der Waals surface area contributed by atoms with Gasteiger partial charge in [-0.25, -0.2) is 0 Å². The molecule has 0 saturated heterocycles. The van der Waals surface area contributed by atoms with Crippen molar-refractivity contribution >= 4 is 88.7 Å². The van der Waals surface area contributed by atoms with E-state index in [4.69, 9.17) is 45.9 Å². The van der Waals surface area contributed by atoms with E-state index < -0.39 is 170 Å². The second kappa shape index (κ2) is 45.3. The number of rotatable bonds is 46. The molecular weight excluding hydrogens is 1270 g/mol. The molecule has 0 saturated carbocycles. The van der Waals surface area contributed by atoms with Crippen molar-refractivity contribution in [2.24, 2.45) is 55.9 Å². The summed E-state index contributed by atoms with van der Waals surface area (Å²) in [4.78, 5) is 181. The number of amides is 13. The van der Waals surface area contributed by atoms with Gasteiger partial charge in [0, 0.05) is 13.1 Å². The Morgan fingerprint density at radius 3 is 1.33 bits per heavy atom. The van der Waals surface area contributed by atoms with Crippen LogP contribution < -0.4 is 110 Å². The largest absolute Gasteiger partial charge is 0.394 e. The summed E-state index contributed by atoms with van der Waals surface area (Å²) < 4.78 is 0. The number of carbonyl (C=O) groups is 13. The maximum absolute atomic E-state index is 14.1. The van der Waals surface area contributed by atoms with Crippen molar-refractivity contribution in [1.29, 1.82) is 0 Å². The summed E-state index contributed by atoms with van der Waals surface area (Å²) in [5.41, 5.74) is 45.6. The van der Waals surface area contributed by atoms with E-state index in [9.17, 15) is 72.5 Å². The van der Waals surface area contributed by atoms with Crippen molar-refractivity contribution in [3.8, 4) is 0 Å². The summed E-state index contributed by atoms with van der Waals surface area (Å²) in [5, 5.41) is 50.0. The molecule has 97 heavy (non-hydrogen) atoms. The van der Waals surface area contributed by atoms with Crippen LogP contribution in [0.2, 0.25) is 0 Å². The summed E-state index contributed by atoms with van der Waals surface area (Å²) in [7, 11) is 0. The molecule has 37 heteroatoms. The molecule has 11 atom stereocenters. The number of benzene rings is 2. The molecule has 0 aliphatic rings. The zero-order valence-electron chi connectivity index (χ0n) is 54.8. The highest BCUT2D eigenvalue weighted by atomic mass is 16.3. The summed E-state index contributed by atoms with van der Waals surface area (Å²) in [6.45, 7) is 1.18. The quantitative estimate of drug-likeness (QED) is 0.0166. The first-order chi connectivity index (χ1) is 46.0. The number of nitrogens with two attached hydrogens (primary N) is 8. The summed E-state index contributed by atoms with van der Waals surface area (Å²) in [6.07, 6.45) is 0.352. The fourth-order valence-electron chi connectivity index (χ4n) is 9.00. The molecule has 0 aliphatic carbocycles. The molecule has 37 nitrogen and oxygen atoms in total. The van der Waals surface area contributed by atoms with E-state index >= 15 is 0 Å². The number of guanidine groups is 2. The molecule has 538 valence electrons. The number of hydrogen-bond acceptors (Lipinski definition) is 20. The predicted molar refractivity (Wildman–Crippen MR) is 355 cm³/mol. The zero-order chi connectivity index (χ0) is 72.6. The number of aliphatic imine (C=N–C) groups is 2. The standard InChI is InChI=1S/C60H98N22O15/c1-33(74-45(86)31-73-57(96)47(35(3)84)82-58(97)48(37-18-8-5-9-19-37)81-46(87)30-71-44(85)29-72-52(91)38(63)28-36-16-6-4-7-17-36)50(89)77-42(23-15-27-70-60(67)68)54(93)79-40(21-11-13-25-62)55(94)80-43(32-83)56(95)75-34(2)51(90)78-41(22-14-26-69-59(65)66)53(92)76-39(49(64)88)20-10-12-24-61/h4-9,16-19,33-35,38-43,47-48,83-84H,10-15,20-32,61-63H2,1-3H3,(H2,64,88)(H,71,85)(H,72,91)(H,73,96)(H,74,86)(H,75,95)(H,76,92)(H,77,89)(H,78,90)(H,79,93)(H,80,94)(H,81,87)(H,82,97)(H4,65,66,69)(H4,67,68,70)/t33-,34-,35+,38-,39-,40-,41-,42-,43-,47-,48-/m0/s1. The Balaban J connectivity index is 2.17. The molecule has 0 unspecified atom stereocenters. The number of hydrogen-bond donors (Lipinski definition) is 22. The lowest BCUT2D eigenvalue weighted by atomic mass is 10.0. The average Bonchev–Trinajstić information content (AvgIpc) is 0.887. The van der Waals surface area contributed by atoms with E-state index in [1.54, 1.807) is 48.5 Å². The van der Waals surface area contributed by atoms with Crippen LogP contribution in [0.3, 0.4) is 0 Å². The van der Waals surface area contributed by atoms with Crippen LogP contribution in [0, 0.1) is 0 Å². The Morgan fingerprint density at radius 1 is 0.433 bits per heavy atom. The number of nitrogens with one attached hydrogen (secondary N) is 12. The van der Waals surface area contributed by atoms with Gasteiger partial charge < -0.3 is 120 Å². The third-order valence-corrected chi connectivity index (χ3v) is 14.4. The van der Waals surface area contributed by atoms with Gasteiger partial charge in [-0.2, -0.15) is 0 Å². The second-order valence-electron chi connectivity index (χ2n) is 22.5. The van der Waals surface area contributed by atoms with Gasteiger partial charge in [-0.1, -0.05) is 60.7 Å². The van der Waals surface area contributed by atoms with Gasteiger partial charge in [0.2, 0.25) is 76.8 Å². The van der Waals surface area contributed by atoms with Crippen LogP contribution in [0.15, 0.2) is 70.6 Å². The van der Waals surface area contributed by atoms with Gasteiger partial charge in [0.05, 0.1) is 38.4 Å². The number of aliphatic hydroxyl groups is 2. The SMILES string of the molecule is C[C@H](NC(=O)CNC(=O)[C@@H](NC(=O)[C@@H](NC(=O)CNC(=O)CNC(=O)[C@@H](N)Cc1ccccc1)c1ccccc1)[C@@H](C)O)C(=O)N[C@@H](CCCN=C(N)N)C(=O)N[C@@H](CCCCN)C(=O)N[C@@H](CO)C(=O)N[C@@H](C)C(=O)N[C@@H](CCCN=C(N)N)C(=O)N[C@@H](CCCCN)C(N)=O. The van der Waals surface area contributed by atoms with Crippen molar-refractivity contribution in [1.82, 2.24) is 63.8 Å². The first kappa shape index (κ1) is 83.0. The minimum Gasteiger partial charge on any atom is -0.394 e. The highest BCUT2D eigenvalue weighted by Crippen LogP contribution is 2.15. The van der Waals surface area contributed by atoms with Gasteiger partial charge in [-0.3, -0.25) is 72.3 Å². The Kier molecular flexibility index (Phi) is 38.8. The number of carbonyl (C=O) groups excluding carboxylic acids is 13. The Bertz CT molecular complexity index is 2970. The number of nitrogens with zero attached hydrogens (tertiary/aromatic N) is 2. The lowest BCUT2D eigenvalue weighted by molar-refractivity contribution is -0.136. The van der Waals surface area contributed by atoms with E-state index in [-0.39, 0.29) is 88.5 Å². The molecule has 0 aromatic heterocycles. The Hall–Kier alpha value is -10.1. The van der Waals surface area contributed by atoms with E-state index in [2.05, 4.69) is 73.8 Å². The number of unbranched alkanes of at least 4 members (excludes halogenated alkanes) is 2. The van der Waals surface area contributed by atoms with E-state index in [1.807, 2.05) is 0 Å². The monoisotopic (exact) mass is 1370 g/mol. The van der Waals surface area contributed by atoms with Crippen LogP contribution in [0.4, 0.5) is 0 Å². The van der Waals surface area contributed by atoms with Gasteiger partial charge in [0.15, 0.2) is 11.9 Å². The maximum Gasteiger partial charge on any atom is 0.247 e. The molecule has 0 spiro atoms. The van der Waals surface area contributed by atoms with Crippen LogP contribution in [-0.4, -0.2) is 212 Å². The fourth-order valence-corrected chi connectivity index (χ4v) is 9.00. The second-order valence-corrected chi connectivity index (χ2v) is 22.5. The molecule has 2 rings (SSSR count). The molecule has 0 heterocycles. The number of primary amides is 1. The van der Waals surface area contributed by atoms with Crippen molar-refractivity contribution in [3.05, 3.63) is 71.8 Å². The lowest BCUT2D eigenvalue weighted by Crippen LogP contribution is -2.60. The minimum atomic E-state index is -1.74. The van der Waals surface area contributed by atoms with Gasteiger partial charge in [0.1, 0.15) is 54.4 Å². The molecule has 0 radical (unpaired) electrons. The van der Waals surface area contributed by atoms with Gasteiger partial charge in [-0.05, 0) is 116 Å². The zero-order valence-corrected chi connectivity index (χ0v) is 54.8. The first-order valence-corrected chi connectivity index (χ1v) is 31.5. The molecule has 0 fully saturated rings. The highest BCUT2D eigenvalue weighted by molar-refractivity contribution is 5.99. The van der Waals surface area contributed by atoms with Gasteiger partial charge in [-0.15, -0.1) is 0 Å². The summed E-state index contributed by atoms with van der Waals surface area (Å²) >= 11 is 0. The Morgan fingerprint density at radius 2 is 0.845 bits per heavy atom. The normalized spacial score (nSPS) is 14.2. The molecular formula is C60H98N22O15. The molecule has 13 amide bonds. The maximum atomic E-state index is 14.1. The van der Waals surface area contributed by atoms with Gasteiger partial charge in [0.25, 0.3) is 0 Å². The molecule has 0 aliphatic heterocycles. The first-order valence-electron chi connectivity index (χ1n) is 31.5. The van der Waals surface area contributed by atoms with Gasteiger partial charge >= 0.3 is 0 Å². The lowest BCUT2D eigenvalue weighted by Gasteiger charge is -2.26.